The first-order valence-electron chi connectivity index (χ1n) is 16.2. The van der Waals surface area contributed by atoms with Crippen LogP contribution in [0.4, 0.5) is 17.1 Å². The molecule has 0 aliphatic heterocycles. The topological polar surface area (TPSA) is 70.2 Å². The molecule has 5 aromatic rings. The van der Waals surface area contributed by atoms with E-state index in [4.69, 9.17) is 0 Å². The number of aryl methyl sites for hydroxylation is 3. The lowest BCUT2D eigenvalue weighted by Gasteiger charge is -2.10. The average Bonchev–Trinajstić information content (AvgIpc) is 3.60. The van der Waals surface area contributed by atoms with Gasteiger partial charge in [-0.05, 0) is 123 Å². The van der Waals surface area contributed by atoms with Crippen LogP contribution in [0, 0.1) is 26.7 Å². The van der Waals surface area contributed by atoms with Gasteiger partial charge in [-0.15, -0.1) is 0 Å². The number of nitrogens with one attached hydrogen (secondary N) is 3. The van der Waals surface area contributed by atoms with E-state index in [0.29, 0.717) is 5.56 Å². The summed E-state index contributed by atoms with van der Waals surface area (Å²) < 4.78 is 2.02. The number of hydrogen-bond donors (Lipinski definition) is 3. The zero-order chi connectivity index (χ0) is 34.3. The van der Waals surface area contributed by atoms with Gasteiger partial charge in [-0.3, -0.25) is 9.59 Å². The van der Waals surface area contributed by atoms with Gasteiger partial charge in [0, 0.05) is 44.0 Å². The van der Waals surface area contributed by atoms with Gasteiger partial charge < -0.3 is 16.0 Å². The highest BCUT2D eigenvalue weighted by molar-refractivity contribution is 9.10. The minimum atomic E-state index is -0.100. The molecule has 1 saturated carbocycles. The summed E-state index contributed by atoms with van der Waals surface area (Å²) in [6.45, 7) is 6.98. The molecule has 0 bridgehead atoms. The van der Waals surface area contributed by atoms with E-state index in [9.17, 15) is 9.59 Å². The lowest BCUT2D eigenvalue weighted by Crippen LogP contribution is -2.20. The van der Waals surface area contributed by atoms with Crippen LogP contribution in [0.15, 0.2) is 130 Å². The van der Waals surface area contributed by atoms with E-state index < -0.39 is 0 Å². The summed E-state index contributed by atoms with van der Waals surface area (Å²) in [5.74, 6) is 0.334. The molecule has 3 N–H and O–H groups in total. The summed E-state index contributed by atoms with van der Waals surface area (Å²) >= 11 is 6.82. The molecule has 7 heteroatoms. The van der Waals surface area contributed by atoms with E-state index in [1.807, 2.05) is 80.6 Å². The van der Waals surface area contributed by atoms with Gasteiger partial charge in [0.25, 0.3) is 5.91 Å². The van der Waals surface area contributed by atoms with Crippen molar-refractivity contribution in [1.82, 2.24) is 0 Å². The molecule has 5 nitrogen and oxygen atoms in total. The van der Waals surface area contributed by atoms with Gasteiger partial charge in [0.1, 0.15) is 0 Å². The Morgan fingerprint density at radius 3 is 1.67 bits per heavy atom. The second-order valence-electron chi connectivity index (χ2n) is 12.0. The fraction of sp³-hybridized carbons (Fsp3) is 0.220. The van der Waals surface area contributed by atoms with Crippen molar-refractivity contribution in [1.29, 1.82) is 0 Å². The van der Waals surface area contributed by atoms with Crippen molar-refractivity contribution in [3.8, 4) is 0 Å². The summed E-state index contributed by atoms with van der Waals surface area (Å²) in [6, 6.07) is 39.8. The van der Waals surface area contributed by atoms with Gasteiger partial charge >= 0.3 is 0 Å². The van der Waals surface area contributed by atoms with Crippen molar-refractivity contribution >= 4 is 60.7 Å². The second kappa shape index (κ2) is 19.0. The lowest BCUT2D eigenvalue weighted by atomic mass is 10.1. The molecule has 6 rings (SSSR count). The quantitative estimate of drug-likeness (QED) is 0.154. The van der Waals surface area contributed by atoms with Crippen LogP contribution in [-0.2, 0) is 11.3 Å². The minimum absolute atomic E-state index is 0.100. The van der Waals surface area contributed by atoms with Gasteiger partial charge in [0.05, 0.1) is 0 Å². The second-order valence-corrected chi connectivity index (χ2v) is 13.9. The first kappa shape index (κ1) is 36.6. The molecule has 0 heterocycles. The molecule has 1 aliphatic rings. The lowest BCUT2D eigenvalue weighted by molar-refractivity contribution is -0.119. The smallest absolute Gasteiger partial charge is 0.255 e. The molecule has 0 unspecified atom stereocenters. The van der Waals surface area contributed by atoms with Gasteiger partial charge in [-0.25, -0.2) is 0 Å². The molecular weight excluding hydrogens is 726 g/mol. The number of rotatable bonds is 7. The molecule has 0 atom stereocenters. The molecule has 0 saturated heterocycles. The van der Waals surface area contributed by atoms with Crippen molar-refractivity contribution in [3.63, 3.8) is 0 Å². The Morgan fingerprint density at radius 2 is 1.10 bits per heavy atom. The van der Waals surface area contributed by atoms with Gasteiger partial charge in [0.2, 0.25) is 5.91 Å². The highest BCUT2D eigenvalue weighted by Gasteiger charge is 2.22. The Kier molecular flexibility index (Phi) is 14.5. The van der Waals surface area contributed by atoms with E-state index >= 15 is 0 Å². The molecule has 1 fully saturated rings. The third-order valence-electron chi connectivity index (χ3n) is 7.78. The first-order valence-corrected chi connectivity index (χ1v) is 17.8. The van der Waals surface area contributed by atoms with E-state index in [-0.39, 0.29) is 17.7 Å². The standard InChI is InChI=1S/C14H12BrNO.C14H14BrN.C13H17NO/c1-10-4-2-7-13(8-10)16-14(17)11-5-3-6-12(15)9-11;1-11-4-2-7-14(8-11)16-10-12-5-3-6-13(15)9-12;1-10-5-4-8-12(9-10)14-13(15)11-6-2-3-7-11/h2-9H,1H3,(H,16,17);2-9,16H,10H2,1H3;4-5,8-9,11H,2-3,6-7H2,1H3,(H,14,15). The number of carbonyl (C=O) groups excluding carboxylic acids is 2. The van der Waals surface area contributed by atoms with Crippen LogP contribution in [-0.4, -0.2) is 11.8 Å². The molecule has 248 valence electrons. The van der Waals surface area contributed by atoms with Gasteiger partial charge in [-0.2, -0.15) is 0 Å². The number of hydrogen-bond acceptors (Lipinski definition) is 3. The number of carbonyl (C=O) groups is 2. The predicted molar refractivity (Wildman–Crippen MR) is 208 cm³/mol. The third kappa shape index (κ3) is 12.8. The number of halogens is 2. The van der Waals surface area contributed by atoms with Crippen molar-refractivity contribution in [3.05, 3.63) is 158 Å². The maximum atomic E-state index is 11.9. The van der Waals surface area contributed by atoms with E-state index in [2.05, 4.69) is 97.2 Å². The Morgan fingerprint density at radius 1 is 0.604 bits per heavy atom. The normalized spacial score (nSPS) is 12.1. The highest BCUT2D eigenvalue weighted by atomic mass is 79.9. The van der Waals surface area contributed by atoms with Gasteiger partial charge in [0.15, 0.2) is 0 Å². The molecule has 1 aliphatic carbocycles. The molecule has 0 spiro atoms. The fourth-order valence-corrected chi connectivity index (χ4v) is 6.16. The van der Waals surface area contributed by atoms with E-state index in [1.165, 1.54) is 35.2 Å². The molecular formula is C41H43Br2N3O2. The van der Waals surface area contributed by atoms with Crippen LogP contribution in [0.2, 0.25) is 0 Å². The number of benzene rings is 5. The predicted octanol–water partition coefficient (Wildman–Crippen LogP) is 11.5. The fourth-order valence-electron chi connectivity index (χ4n) is 5.32. The zero-order valence-corrected chi connectivity index (χ0v) is 30.9. The van der Waals surface area contributed by atoms with Crippen LogP contribution in [0.1, 0.15) is 58.3 Å². The van der Waals surface area contributed by atoms with Crippen LogP contribution >= 0.6 is 31.9 Å². The molecule has 5 aromatic carbocycles. The van der Waals surface area contributed by atoms with Crippen LogP contribution in [0.3, 0.4) is 0 Å². The minimum Gasteiger partial charge on any atom is -0.381 e. The van der Waals surface area contributed by atoms with Crippen molar-refractivity contribution in [2.24, 2.45) is 5.92 Å². The first-order chi connectivity index (χ1) is 23.1. The summed E-state index contributed by atoms with van der Waals surface area (Å²) in [5, 5.41) is 9.26. The monoisotopic (exact) mass is 767 g/mol. The number of anilines is 3. The highest BCUT2D eigenvalue weighted by Crippen LogP contribution is 2.26. The summed E-state index contributed by atoms with van der Waals surface area (Å²) in [5.41, 5.74) is 8.40. The van der Waals surface area contributed by atoms with Gasteiger partial charge in [-0.1, -0.05) is 99.3 Å². The maximum Gasteiger partial charge on any atom is 0.255 e. The van der Waals surface area contributed by atoms with E-state index in [0.717, 1.165) is 45.3 Å². The number of amides is 2. The Hall–Kier alpha value is -4.20. The molecule has 0 radical (unpaired) electrons. The molecule has 48 heavy (non-hydrogen) atoms. The maximum absolute atomic E-state index is 11.9. The summed E-state index contributed by atoms with van der Waals surface area (Å²) in [6.07, 6.45) is 4.51. The third-order valence-corrected chi connectivity index (χ3v) is 8.76. The zero-order valence-electron chi connectivity index (χ0n) is 27.7. The van der Waals surface area contributed by atoms with Crippen molar-refractivity contribution in [2.45, 2.75) is 53.0 Å². The molecule has 2 amide bonds. The molecule has 0 aromatic heterocycles. The van der Waals surface area contributed by atoms with E-state index in [1.54, 1.807) is 12.1 Å². The van der Waals surface area contributed by atoms with Crippen molar-refractivity contribution < 1.29 is 9.59 Å². The summed E-state index contributed by atoms with van der Waals surface area (Å²) in [4.78, 5) is 23.8. The SMILES string of the molecule is Cc1cccc(NC(=O)C2CCCC2)c1.Cc1cccc(NC(=O)c2cccc(Br)c2)c1.Cc1cccc(NCc2cccc(Br)c2)c1. The Balaban J connectivity index is 0.000000163. The Bertz CT molecular complexity index is 1760. The largest absolute Gasteiger partial charge is 0.381 e. The van der Waals surface area contributed by atoms with Crippen LogP contribution in [0.25, 0.3) is 0 Å². The average molecular weight is 770 g/mol. The van der Waals surface area contributed by atoms with Crippen LogP contribution in [0.5, 0.6) is 0 Å². The summed E-state index contributed by atoms with van der Waals surface area (Å²) in [7, 11) is 0. The van der Waals surface area contributed by atoms with Crippen LogP contribution < -0.4 is 16.0 Å². The Labute approximate surface area is 301 Å². The van der Waals surface area contributed by atoms with Crippen molar-refractivity contribution in [2.75, 3.05) is 16.0 Å².